The number of piperidine rings is 2. The Morgan fingerprint density at radius 2 is 1.88 bits per heavy atom. The topological polar surface area (TPSA) is 75.3 Å². The molecular weight excluding hydrogens is 204 g/mol. The van der Waals surface area contributed by atoms with Crippen molar-refractivity contribution < 1.29 is 9.90 Å². The van der Waals surface area contributed by atoms with Gasteiger partial charge in [-0.25, -0.2) is 0 Å². The second kappa shape index (κ2) is 1.58. The van der Waals surface area contributed by atoms with Crippen molar-refractivity contribution in [3.8, 4) is 0 Å². The highest BCUT2D eigenvalue weighted by molar-refractivity contribution is 5.91. The fraction of sp³-hybridized carbons (Fsp3) is 0.917. The first-order valence-corrected chi connectivity index (χ1v) is 6.44. The molecule has 4 bridgehead atoms. The summed E-state index contributed by atoms with van der Waals surface area (Å²) >= 11 is 0. The third-order valence-corrected chi connectivity index (χ3v) is 7.32. The van der Waals surface area contributed by atoms with Crippen LogP contribution in [0.5, 0.6) is 0 Å². The zero-order valence-corrected chi connectivity index (χ0v) is 8.76. The molecule has 2 heterocycles. The first kappa shape index (κ1) is 7.67. The molecule has 84 valence electrons. The lowest BCUT2D eigenvalue weighted by Crippen LogP contribution is -2.83. The molecule has 0 aromatic rings. The zero-order chi connectivity index (χ0) is 10.6. The third kappa shape index (κ3) is 0.371. The number of hydrogen-bond acceptors (Lipinski definition) is 3. The van der Waals surface area contributed by atoms with Crippen LogP contribution in [0.2, 0.25) is 0 Å². The van der Waals surface area contributed by atoms with Crippen molar-refractivity contribution >= 4 is 5.91 Å². The number of fused-ring (bicyclic) bond motifs is 1. The zero-order valence-electron chi connectivity index (χ0n) is 8.76. The molecule has 0 radical (unpaired) electrons. The van der Waals surface area contributed by atoms with Crippen molar-refractivity contribution in [1.82, 2.24) is 5.32 Å². The molecule has 10 atom stereocenters. The SMILES string of the molecule is N[C@]12NC(=O)[C@@]3(O)[C@@H]4[C@H]5C[C@H]([C@@H]6[C@H]5[C@H]3[C@@H]61)[C@@H]42. The van der Waals surface area contributed by atoms with Crippen molar-refractivity contribution in [2.24, 2.45) is 53.1 Å². The average Bonchev–Trinajstić information content (AvgIpc) is 2.66. The van der Waals surface area contributed by atoms with Gasteiger partial charge in [-0.3, -0.25) is 4.79 Å². The minimum atomic E-state index is -1.03. The maximum absolute atomic E-state index is 12.1. The van der Waals surface area contributed by atoms with E-state index < -0.39 is 11.3 Å². The van der Waals surface area contributed by atoms with E-state index in [0.717, 1.165) is 5.92 Å². The monoisotopic (exact) mass is 218 g/mol. The lowest BCUT2D eigenvalue weighted by atomic mass is 9.50. The molecule has 7 rings (SSSR count). The molecule has 4 nitrogen and oxygen atoms in total. The number of rotatable bonds is 0. The van der Waals surface area contributed by atoms with Crippen LogP contribution in [0.1, 0.15) is 6.42 Å². The van der Waals surface area contributed by atoms with Gasteiger partial charge in [-0.2, -0.15) is 0 Å². The Labute approximate surface area is 92.6 Å². The molecule has 0 aromatic heterocycles. The van der Waals surface area contributed by atoms with E-state index in [1.54, 1.807) is 0 Å². The fourth-order valence-electron chi connectivity index (χ4n) is 7.49. The van der Waals surface area contributed by atoms with Crippen LogP contribution < -0.4 is 11.1 Å². The number of aliphatic hydroxyl groups is 1. The molecule has 0 unspecified atom stereocenters. The fourth-order valence-corrected chi connectivity index (χ4v) is 7.49. The molecule has 5 aliphatic carbocycles. The van der Waals surface area contributed by atoms with Gasteiger partial charge in [-0.05, 0) is 30.1 Å². The highest BCUT2D eigenvalue weighted by atomic mass is 16.3. The summed E-state index contributed by atoms with van der Waals surface area (Å²) in [4.78, 5) is 12.1. The summed E-state index contributed by atoms with van der Waals surface area (Å²) in [6.07, 6.45) is 1.23. The molecular formula is C12H14N2O2. The maximum atomic E-state index is 12.1. The summed E-state index contributed by atoms with van der Waals surface area (Å²) < 4.78 is 0. The minimum Gasteiger partial charge on any atom is -0.379 e. The Balaban J connectivity index is 1.78. The van der Waals surface area contributed by atoms with Crippen LogP contribution in [0, 0.1) is 47.3 Å². The van der Waals surface area contributed by atoms with E-state index in [9.17, 15) is 9.90 Å². The van der Waals surface area contributed by atoms with E-state index in [2.05, 4.69) is 5.32 Å². The van der Waals surface area contributed by atoms with Crippen molar-refractivity contribution in [3.05, 3.63) is 0 Å². The number of carbonyl (C=O) groups is 1. The number of carbonyl (C=O) groups excluding carboxylic acids is 1. The number of nitrogens with one attached hydrogen (secondary N) is 1. The number of hydrogen-bond donors (Lipinski definition) is 3. The first-order valence-electron chi connectivity index (χ1n) is 6.44. The summed E-state index contributed by atoms with van der Waals surface area (Å²) in [6.45, 7) is 0. The highest BCUT2D eigenvalue weighted by Gasteiger charge is 2.94. The first-order chi connectivity index (χ1) is 7.60. The van der Waals surface area contributed by atoms with Crippen molar-refractivity contribution in [1.29, 1.82) is 0 Å². The lowest BCUT2D eigenvalue weighted by molar-refractivity contribution is -0.207. The predicted octanol–water partition coefficient (Wildman–Crippen LogP) is -1.11. The Hall–Kier alpha value is -0.610. The molecule has 2 saturated heterocycles. The van der Waals surface area contributed by atoms with E-state index in [-0.39, 0.29) is 17.7 Å². The summed E-state index contributed by atoms with van der Waals surface area (Å²) in [5.74, 6) is 3.70. The molecule has 5 saturated carbocycles. The van der Waals surface area contributed by atoms with Gasteiger partial charge in [0, 0.05) is 23.7 Å². The van der Waals surface area contributed by atoms with E-state index in [1.165, 1.54) is 6.42 Å². The summed E-state index contributed by atoms with van der Waals surface area (Å²) in [7, 11) is 0. The third-order valence-electron chi connectivity index (χ3n) is 7.32. The minimum absolute atomic E-state index is 0.161. The predicted molar refractivity (Wildman–Crippen MR) is 52.5 cm³/mol. The Morgan fingerprint density at radius 3 is 2.69 bits per heavy atom. The smallest absolute Gasteiger partial charge is 0.254 e. The molecule has 2 aliphatic heterocycles. The molecule has 4 heteroatoms. The normalized spacial score (nSPS) is 83.2. The molecule has 4 N–H and O–H groups in total. The van der Waals surface area contributed by atoms with Crippen LogP contribution in [-0.2, 0) is 4.79 Å². The second-order valence-electron chi connectivity index (χ2n) is 7.03. The lowest BCUT2D eigenvalue weighted by Gasteiger charge is -2.62. The van der Waals surface area contributed by atoms with Crippen LogP contribution in [0.15, 0.2) is 0 Å². The van der Waals surface area contributed by atoms with Gasteiger partial charge in [0.05, 0.1) is 5.66 Å². The summed E-state index contributed by atoms with van der Waals surface area (Å²) in [5, 5.41) is 13.8. The van der Waals surface area contributed by atoms with Crippen molar-refractivity contribution in [2.75, 3.05) is 0 Å². The average molecular weight is 218 g/mol. The van der Waals surface area contributed by atoms with Crippen LogP contribution in [0.25, 0.3) is 0 Å². The van der Waals surface area contributed by atoms with Gasteiger partial charge < -0.3 is 16.2 Å². The van der Waals surface area contributed by atoms with Gasteiger partial charge in [0.15, 0.2) is 0 Å². The van der Waals surface area contributed by atoms with Crippen LogP contribution in [-0.4, -0.2) is 22.3 Å². The van der Waals surface area contributed by atoms with Crippen molar-refractivity contribution in [2.45, 2.75) is 17.7 Å². The quantitative estimate of drug-likeness (QED) is 0.482. The largest absolute Gasteiger partial charge is 0.379 e. The van der Waals surface area contributed by atoms with Gasteiger partial charge in [-0.15, -0.1) is 0 Å². The van der Waals surface area contributed by atoms with Gasteiger partial charge in [0.25, 0.3) is 5.91 Å². The number of nitrogens with two attached hydrogens (primary N) is 1. The summed E-state index contributed by atoms with van der Waals surface area (Å²) in [6, 6.07) is 0. The summed E-state index contributed by atoms with van der Waals surface area (Å²) in [5.41, 5.74) is 5.02. The molecule has 0 aromatic carbocycles. The van der Waals surface area contributed by atoms with Crippen LogP contribution >= 0.6 is 0 Å². The van der Waals surface area contributed by atoms with Crippen LogP contribution in [0.3, 0.4) is 0 Å². The Bertz CT molecular complexity index is 493. The maximum Gasteiger partial charge on any atom is 0.254 e. The molecule has 7 fully saturated rings. The van der Waals surface area contributed by atoms with Crippen LogP contribution in [0.4, 0.5) is 0 Å². The van der Waals surface area contributed by atoms with Gasteiger partial charge in [-0.1, -0.05) is 0 Å². The van der Waals surface area contributed by atoms with Gasteiger partial charge >= 0.3 is 0 Å². The second-order valence-corrected chi connectivity index (χ2v) is 7.03. The standard InChI is InChI=1S/C12H14N2O2/c13-12-7-3-1-2-4-5(3)9(12)8(4)11(16,6(2)7)10(15)14-12/h2-9,16H,1,13H2,(H,14,15)/t2-,3+,4-,5+,6+,7-,8-,9+,11+,12+/m0/s1. The van der Waals surface area contributed by atoms with E-state index in [4.69, 9.17) is 5.73 Å². The van der Waals surface area contributed by atoms with Gasteiger partial charge in [0.1, 0.15) is 5.60 Å². The molecule has 16 heavy (non-hydrogen) atoms. The number of amides is 1. The Kier molecular flexibility index (Phi) is 0.758. The molecule has 7 aliphatic rings. The molecule has 0 spiro atoms. The Morgan fingerprint density at radius 1 is 1.19 bits per heavy atom. The van der Waals surface area contributed by atoms with E-state index in [0.29, 0.717) is 29.6 Å². The molecule has 1 amide bonds. The highest BCUT2D eigenvalue weighted by Crippen LogP contribution is 2.87. The van der Waals surface area contributed by atoms with E-state index in [1.807, 2.05) is 0 Å². The van der Waals surface area contributed by atoms with Gasteiger partial charge in [0.2, 0.25) is 0 Å². The van der Waals surface area contributed by atoms with E-state index >= 15 is 0 Å². The van der Waals surface area contributed by atoms with Crippen molar-refractivity contribution in [3.63, 3.8) is 0 Å².